The van der Waals surface area contributed by atoms with Gasteiger partial charge in [-0.3, -0.25) is 0 Å². The maximum absolute atomic E-state index is 13.6. The van der Waals surface area contributed by atoms with E-state index in [4.69, 9.17) is 5.11 Å². The number of aromatic nitrogens is 2. The molecule has 2 aromatic rings. The molecule has 104 valence electrons. The molecule has 0 bridgehead atoms. The first-order chi connectivity index (χ1) is 9.49. The summed E-state index contributed by atoms with van der Waals surface area (Å²) in [6.07, 6.45) is 2.29. The van der Waals surface area contributed by atoms with Gasteiger partial charge < -0.3 is 10.4 Å². The van der Waals surface area contributed by atoms with Crippen LogP contribution in [-0.4, -0.2) is 21.0 Å². The molecule has 0 aliphatic carbocycles. The summed E-state index contributed by atoms with van der Waals surface area (Å²) in [6.45, 7) is -0.139. The van der Waals surface area contributed by atoms with Gasteiger partial charge in [-0.2, -0.15) is 0 Å². The van der Waals surface area contributed by atoms with Crippen LogP contribution in [0.5, 0.6) is 0 Å². The van der Waals surface area contributed by atoms with Gasteiger partial charge in [0.15, 0.2) is 0 Å². The lowest BCUT2D eigenvalue weighted by atomic mass is 10.2. The van der Waals surface area contributed by atoms with Crippen molar-refractivity contribution in [1.82, 2.24) is 9.97 Å². The summed E-state index contributed by atoms with van der Waals surface area (Å²) in [4.78, 5) is 18.3. The fourth-order valence-corrected chi connectivity index (χ4v) is 1.96. The molecule has 0 saturated carbocycles. The monoisotopic (exact) mass is 343 g/mol. The number of benzene rings is 1. The summed E-state index contributed by atoms with van der Waals surface area (Å²) in [5, 5.41) is 11.4. The molecule has 8 heteroatoms. The third kappa shape index (κ3) is 3.08. The zero-order chi connectivity index (χ0) is 14.7. The van der Waals surface area contributed by atoms with Gasteiger partial charge in [-0.25, -0.2) is 23.5 Å². The summed E-state index contributed by atoms with van der Waals surface area (Å²) in [6, 6.07) is 2.20. The molecule has 2 rings (SSSR count). The number of halogens is 3. The lowest BCUT2D eigenvalue weighted by Crippen LogP contribution is -2.11. The van der Waals surface area contributed by atoms with Crippen LogP contribution in [0, 0.1) is 11.6 Å². The Morgan fingerprint density at radius 1 is 1.35 bits per heavy atom. The van der Waals surface area contributed by atoms with Gasteiger partial charge in [0.1, 0.15) is 29.2 Å². The van der Waals surface area contributed by atoms with Crippen molar-refractivity contribution >= 4 is 27.6 Å². The summed E-state index contributed by atoms with van der Waals surface area (Å²) in [5.74, 6) is -2.79. The molecule has 0 atom stereocenters. The first-order valence-electron chi connectivity index (χ1n) is 5.39. The van der Waals surface area contributed by atoms with Crippen molar-refractivity contribution in [2.45, 2.75) is 6.54 Å². The number of carboxylic acid groups (broad SMARTS) is 1. The number of hydrogen-bond acceptors (Lipinski definition) is 4. The molecule has 1 heterocycles. The minimum absolute atomic E-state index is 0.127. The molecule has 0 unspecified atom stereocenters. The number of carboxylic acids is 1. The summed E-state index contributed by atoms with van der Waals surface area (Å²) < 4.78 is 27.5. The topological polar surface area (TPSA) is 75.1 Å². The fourth-order valence-electron chi connectivity index (χ4n) is 1.56. The molecule has 5 nitrogen and oxygen atoms in total. The largest absolute Gasteiger partial charge is 0.478 e. The predicted molar refractivity (Wildman–Crippen MR) is 70.4 cm³/mol. The van der Waals surface area contributed by atoms with Crippen molar-refractivity contribution < 1.29 is 18.7 Å². The van der Waals surface area contributed by atoms with E-state index in [1.54, 1.807) is 0 Å². The van der Waals surface area contributed by atoms with E-state index in [9.17, 15) is 13.6 Å². The van der Waals surface area contributed by atoms with E-state index in [1.807, 2.05) is 0 Å². The second kappa shape index (κ2) is 5.91. The number of aromatic carboxylic acids is 1. The average Bonchev–Trinajstić information content (AvgIpc) is 2.37. The van der Waals surface area contributed by atoms with Crippen molar-refractivity contribution in [3.8, 4) is 0 Å². The highest BCUT2D eigenvalue weighted by Crippen LogP contribution is 2.24. The van der Waals surface area contributed by atoms with Crippen molar-refractivity contribution in [3.05, 3.63) is 52.0 Å². The molecule has 20 heavy (non-hydrogen) atoms. The Kier molecular flexibility index (Phi) is 4.23. The van der Waals surface area contributed by atoms with Crippen molar-refractivity contribution in [3.63, 3.8) is 0 Å². The molecular weight excluding hydrogens is 336 g/mol. The van der Waals surface area contributed by atoms with Gasteiger partial charge in [-0.15, -0.1) is 0 Å². The first kappa shape index (κ1) is 14.3. The Morgan fingerprint density at radius 3 is 2.60 bits per heavy atom. The van der Waals surface area contributed by atoms with Crippen LogP contribution in [-0.2, 0) is 6.54 Å². The van der Waals surface area contributed by atoms with Gasteiger partial charge in [0.25, 0.3) is 0 Å². The van der Waals surface area contributed by atoms with Crippen molar-refractivity contribution in [1.29, 1.82) is 0 Å². The third-order valence-corrected chi connectivity index (χ3v) is 2.92. The molecular formula is C12H8BrF2N3O2. The molecule has 0 amide bonds. The zero-order valence-corrected chi connectivity index (χ0v) is 11.5. The molecule has 0 fully saturated rings. The predicted octanol–water partition coefficient (Wildman–Crippen LogP) is 2.83. The van der Waals surface area contributed by atoms with Gasteiger partial charge in [-0.1, -0.05) is 15.9 Å². The van der Waals surface area contributed by atoms with Crippen molar-refractivity contribution in [2.24, 2.45) is 0 Å². The molecule has 0 spiro atoms. The fraction of sp³-hybridized carbons (Fsp3) is 0.0833. The number of nitrogens with zero attached hydrogens (tertiary/aromatic N) is 2. The van der Waals surface area contributed by atoms with Crippen molar-refractivity contribution in [2.75, 3.05) is 5.32 Å². The van der Waals surface area contributed by atoms with Crippen LogP contribution in [0.1, 0.15) is 16.1 Å². The summed E-state index contributed by atoms with van der Waals surface area (Å²) in [7, 11) is 0. The Bertz CT molecular complexity index is 644. The number of anilines is 1. The molecule has 1 aromatic carbocycles. The van der Waals surface area contributed by atoms with Gasteiger partial charge >= 0.3 is 5.97 Å². The minimum atomic E-state index is -1.21. The number of rotatable bonds is 4. The van der Waals surface area contributed by atoms with E-state index in [0.29, 0.717) is 0 Å². The Morgan fingerprint density at radius 2 is 2.00 bits per heavy atom. The molecule has 2 N–H and O–H groups in total. The highest BCUT2D eigenvalue weighted by molar-refractivity contribution is 9.10. The molecule has 0 radical (unpaired) electrons. The first-order valence-corrected chi connectivity index (χ1v) is 6.19. The van der Waals surface area contributed by atoms with E-state index in [2.05, 4.69) is 31.2 Å². The second-order valence-corrected chi connectivity index (χ2v) is 4.70. The maximum Gasteiger partial charge on any atom is 0.339 e. The number of hydrogen-bond donors (Lipinski definition) is 2. The Hall–Kier alpha value is -2.09. The maximum atomic E-state index is 13.6. The molecule has 0 aliphatic rings. The van der Waals surface area contributed by atoms with Crippen LogP contribution in [0.2, 0.25) is 0 Å². The third-order valence-electron chi connectivity index (χ3n) is 2.46. The van der Waals surface area contributed by atoms with E-state index >= 15 is 0 Å². The molecule has 0 saturated heterocycles. The van der Waals surface area contributed by atoms with Crippen LogP contribution in [0.3, 0.4) is 0 Å². The standard InChI is InChI=1S/C12H8BrF2N3O2/c13-6-1-8(14)11(9(15)2-6)17-4-10-7(12(19)20)3-16-5-18-10/h1-3,5,17H,4H2,(H,19,20). The SMILES string of the molecule is O=C(O)c1cncnc1CNc1c(F)cc(Br)cc1F. The summed E-state index contributed by atoms with van der Waals surface area (Å²) in [5.41, 5.74) is -0.338. The van der Waals surface area contributed by atoms with Gasteiger partial charge in [0.2, 0.25) is 0 Å². The van der Waals surface area contributed by atoms with Gasteiger partial charge in [0, 0.05) is 10.7 Å². The van der Waals surface area contributed by atoms with E-state index in [-0.39, 0.29) is 28.0 Å². The zero-order valence-electron chi connectivity index (χ0n) is 9.90. The van der Waals surface area contributed by atoms with E-state index in [0.717, 1.165) is 24.7 Å². The van der Waals surface area contributed by atoms with Gasteiger partial charge in [0.05, 0.1) is 12.2 Å². The van der Waals surface area contributed by atoms with Crippen LogP contribution >= 0.6 is 15.9 Å². The number of nitrogens with one attached hydrogen (secondary N) is 1. The Labute approximate surface area is 120 Å². The highest BCUT2D eigenvalue weighted by Gasteiger charge is 2.14. The van der Waals surface area contributed by atoms with Gasteiger partial charge in [-0.05, 0) is 12.1 Å². The average molecular weight is 344 g/mol. The highest BCUT2D eigenvalue weighted by atomic mass is 79.9. The van der Waals surface area contributed by atoms with E-state index in [1.165, 1.54) is 0 Å². The van der Waals surface area contributed by atoms with Crippen LogP contribution in [0.25, 0.3) is 0 Å². The quantitative estimate of drug-likeness (QED) is 0.892. The Balaban J connectivity index is 2.24. The van der Waals surface area contributed by atoms with E-state index < -0.39 is 17.6 Å². The molecule has 1 aromatic heterocycles. The molecule has 0 aliphatic heterocycles. The number of carbonyl (C=O) groups is 1. The van der Waals surface area contributed by atoms with Crippen LogP contribution in [0.15, 0.2) is 29.1 Å². The minimum Gasteiger partial charge on any atom is -0.478 e. The van der Waals surface area contributed by atoms with Crippen LogP contribution < -0.4 is 5.32 Å². The summed E-state index contributed by atoms with van der Waals surface area (Å²) >= 11 is 2.97. The lowest BCUT2D eigenvalue weighted by molar-refractivity contribution is 0.0694. The normalized spacial score (nSPS) is 10.3. The van der Waals surface area contributed by atoms with Crippen LogP contribution in [0.4, 0.5) is 14.5 Å². The second-order valence-electron chi connectivity index (χ2n) is 3.79. The lowest BCUT2D eigenvalue weighted by Gasteiger charge is -2.10. The smallest absolute Gasteiger partial charge is 0.339 e.